The molecule has 0 aliphatic carbocycles. The Labute approximate surface area is 130 Å². The van der Waals surface area contributed by atoms with E-state index in [4.69, 9.17) is 0 Å². The Morgan fingerprint density at radius 3 is 2.18 bits per heavy atom. The van der Waals surface area contributed by atoms with Gasteiger partial charge in [-0.1, -0.05) is 38.1 Å². The van der Waals surface area contributed by atoms with Gasteiger partial charge in [0.2, 0.25) is 5.91 Å². The van der Waals surface area contributed by atoms with E-state index in [0.29, 0.717) is 5.56 Å². The van der Waals surface area contributed by atoms with Crippen LogP contribution in [0, 0.1) is 0 Å². The molecule has 116 valence electrons. The van der Waals surface area contributed by atoms with Crippen LogP contribution in [0.1, 0.15) is 30.5 Å². The van der Waals surface area contributed by atoms with Crippen LogP contribution in [-0.2, 0) is 24.1 Å². The lowest BCUT2D eigenvalue weighted by atomic mass is 10.0. The lowest BCUT2D eigenvalue weighted by molar-refractivity contribution is -0.115. The highest BCUT2D eigenvalue weighted by Gasteiger charge is 2.11. The molecule has 0 saturated heterocycles. The van der Waals surface area contributed by atoms with Crippen LogP contribution in [0.5, 0.6) is 11.5 Å². The Bertz CT molecular complexity index is 658. The first-order valence-electron chi connectivity index (χ1n) is 7.46. The maximum Gasteiger partial charge on any atom is 0.228 e. The van der Waals surface area contributed by atoms with Crippen molar-refractivity contribution in [2.24, 2.45) is 0 Å². The van der Waals surface area contributed by atoms with Crippen molar-refractivity contribution >= 4 is 11.6 Å². The number of aromatic hydroxyl groups is 2. The summed E-state index contributed by atoms with van der Waals surface area (Å²) in [6.45, 7) is 4.12. The zero-order chi connectivity index (χ0) is 16.1. The summed E-state index contributed by atoms with van der Waals surface area (Å²) in [5.41, 5.74) is 3.77. The first-order chi connectivity index (χ1) is 10.5. The zero-order valence-corrected chi connectivity index (χ0v) is 12.9. The predicted octanol–water partition coefficient (Wildman–Crippen LogP) is 3.40. The standard InChI is InChI=1S/C18H21NO3/c1-3-13-6-5-7-14(4-2)18(13)19-17(22)11-12-8-9-15(20)16(21)10-12/h5-10,20-21H,3-4,11H2,1-2H3,(H,19,22). The molecule has 3 N–H and O–H groups in total. The lowest BCUT2D eigenvalue weighted by Gasteiger charge is -2.14. The molecule has 0 radical (unpaired) electrons. The molecule has 1 amide bonds. The Kier molecular flexibility index (Phi) is 5.04. The molecule has 2 rings (SSSR count). The van der Waals surface area contributed by atoms with Crippen molar-refractivity contribution in [3.8, 4) is 11.5 Å². The number of phenols is 2. The van der Waals surface area contributed by atoms with Crippen LogP contribution in [0.25, 0.3) is 0 Å². The fourth-order valence-electron chi connectivity index (χ4n) is 2.45. The van der Waals surface area contributed by atoms with Crippen molar-refractivity contribution in [1.82, 2.24) is 0 Å². The number of aryl methyl sites for hydroxylation is 2. The lowest BCUT2D eigenvalue weighted by Crippen LogP contribution is -2.17. The number of amides is 1. The minimum Gasteiger partial charge on any atom is -0.504 e. The van der Waals surface area contributed by atoms with Crippen LogP contribution in [0.15, 0.2) is 36.4 Å². The third kappa shape index (κ3) is 3.58. The second-order valence-electron chi connectivity index (χ2n) is 5.21. The Balaban J connectivity index is 2.17. The van der Waals surface area contributed by atoms with Gasteiger partial charge in [0.15, 0.2) is 11.5 Å². The van der Waals surface area contributed by atoms with Gasteiger partial charge < -0.3 is 15.5 Å². The van der Waals surface area contributed by atoms with E-state index in [1.165, 1.54) is 12.1 Å². The predicted molar refractivity (Wildman–Crippen MR) is 87.3 cm³/mol. The Morgan fingerprint density at radius 1 is 1.00 bits per heavy atom. The summed E-state index contributed by atoms with van der Waals surface area (Å²) in [6, 6.07) is 10.4. The van der Waals surface area contributed by atoms with Crippen molar-refractivity contribution in [3.05, 3.63) is 53.1 Å². The topological polar surface area (TPSA) is 69.6 Å². The molecular formula is C18H21NO3. The average molecular weight is 299 g/mol. The minimum absolute atomic E-state index is 0.138. The molecule has 22 heavy (non-hydrogen) atoms. The van der Waals surface area contributed by atoms with E-state index in [1.807, 2.05) is 18.2 Å². The van der Waals surface area contributed by atoms with E-state index in [-0.39, 0.29) is 23.8 Å². The van der Waals surface area contributed by atoms with Crippen molar-refractivity contribution in [2.75, 3.05) is 5.32 Å². The van der Waals surface area contributed by atoms with Gasteiger partial charge in [-0.2, -0.15) is 0 Å². The van der Waals surface area contributed by atoms with Gasteiger partial charge in [-0.25, -0.2) is 0 Å². The molecule has 0 atom stereocenters. The largest absolute Gasteiger partial charge is 0.504 e. The molecule has 0 saturated carbocycles. The first-order valence-corrected chi connectivity index (χ1v) is 7.46. The molecule has 0 heterocycles. The highest BCUT2D eigenvalue weighted by Crippen LogP contribution is 2.26. The van der Waals surface area contributed by atoms with Gasteiger partial charge in [0.05, 0.1) is 6.42 Å². The van der Waals surface area contributed by atoms with Crippen molar-refractivity contribution < 1.29 is 15.0 Å². The van der Waals surface area contributed by atoms with Gasteiger partial charge >= 0.3 is 0 Å². The van der Waals surface area contributed by atoms with Crippen molar-refractivity contribution in [1.29, 1.82) is 0 Å². The summed E-state index contributed by atoms with van der Waals surface area (Å²) < 4.78 is 0. The third-order valence-corrected chi connectivity index (χ3v) is 3.67. The zero-order valence-electron chi connectivity index (χ0n) is 12.9. The summed E-state index contributed by atoms with van der Waals surface area (Å²) >= 11 is 0. The van der Waals surface area contributed by atoms with Gasteiger partial charge in [-0.3, -0.25) is 4.79 Å². The van der Waals surface area contributed by atoms with Crippen LogP contribution >= 0.6 is 0 Å². The van der Waals surface area contributed by atoms with Crippen LogP contribution < -0.4 is 5.32 Å². The van der Waals surface area contributed by atoms with Crippen LogP contribution in [0.3, 0.4) is 0 Å². The highest BCUT2D eigenvalue weighted by molar-refractivity contribution is 5.94. The quantitative estimate of drug-likeness (QED) is 0.741. The SMILES string of the molecule is CCc1cccc(CC)c1NC(=O)Cc1ccc(O)c(O)c1. The molecule has 0 aromatic heterocycles. The van der Waals surface area contributed by atoms with Crippen LogP contribution in [0.4, 0.5) is 5.69 Å². The summed E-state index contributed by atoms with van der Waals surface area (Å²) in [5.74, 6) is -0.539. The maximum atomic E-state index is 12.3. The van der Waals surface area contributed by atoms with Gasteiger partial charge in [-0.05, 0) is 41.7 Å². The number of carbonyl (C=O) groups excluding carboxylic acids is 1. The summed E-state index contributed by atoms with van der Waals surface area (Å²) in [7, 11) is 0. The second-order valence-corrected chi connectivity index (χ2v) is 5.21. The molecule has 0 bridgehead atoms. The molecule has 0 fully saturated rings. The van der Waals surface area contributed by atoms with E-state index in [1.54, 1.807) is 6.07 Å². The smallest absolute Gasteiger partial charge is 0.228 e. The fraction of sp³-hybridized carbons (Fsp3) is 0.278. The fourth-order valence-corrected chi connectivity index (χ4v) is 2.45. The van der Waals surface area contributed by atoms with Gasteiger partial charge in [0.1, 0.15) is 0 Å². The summed E-state index contributed by atoms with van der Waals surface area (Å²) in [4.78, 5) is 12.3. The van der Waals surface area contributed by atoms with Crippen LogP contribution in [-0.4, -0.2) is 16.1 Å². The molecular weight excluding hydrogens is 278 g/mol. The van der Waals surface area contributed by atoms with E-state index < -0.39 is 0 Å². The first kappa shape index (κ1) is 15.9. The summed E-state index contributed by atoms with van der Waals surface area (Å²) in [6.07, 6.45) is 1.85. The number of carbonyl (C=O) groups is 1. The molecule has 2 aromatic rings. The monoisotopic (exact) mass is 299 g/mol. The number of benzene rings is 2. The van der Waals surface area contributed by atoms with Crippen LogP contribution in [0.2, 0.25) is 0 Å². The number of rotatable bonds is 5. The van der Waals surface area contributed by atoms with Gasteiger partial charge in [-0.15, -0.1) is 0 Å². The molecule has 0 unspecified atom stereocenters. The number of nitrogens with one attached hydrogen (secondary N) is 1. The molecule has 4 heteroatoms. The molecule has 2 aromatic carbocycles. The number of hydrogen-bond donors (Lipinski definition) is 3. The van der Waals surface area contributed by atoms with E-state index in [0.717, 1.165) is 29.7 Å². The second kappa shape index (κ2) is 6.98. The number of hydrogen-bond acceptors (Lipinski definition) is 3. The number of phenolic OH excluding ortho intramolecular Hbond substituents is 2. The molecule has 0 spiro atoms. The molecule has 0 aliphatic rings. The third-order valence-electron chi connectivity index (χ3n) is 3.67. The molecule has 4 nitrogen and oxygen atoms in total. The summed E-state index contributed by atoms with van der Waals surface area (Å²) in [5, 5.41) is 21.8. The average Bonchev–Trinajstić information content (AvgIpc) is 2.51. The van der Waals surface area contributed by atoms with E-state index in [2.05, 4.69) is 19.2 Å². The van der Waals surface area contributed by atoms with E-state index in [9.17, 15) is 15.0 Å². The highest BCUT2D eigenvalue weighted by atomic mass is 16.3. The Morgan fingerprint density at radius 2 is 1.64 bits per heavy atom. The van der Waals surface area contributed by atoms with Gasteiger partial charge in [0, 0.05) is 5.69 Å². The maximum absolute atomic E-state index is 12.3. The number of anilines is 1. The Hall–Kier alpha value is -2.49. The normalized spacial score (nSPS) is 10.5. The molecule has 0 aliphatic heterocycles. The van der Waals surface area contributed by atoms with E-state index >= 15 is 0 Å². The minimum atomic E-state index is -0.214. The van der Waals surface area contributed by atoms with Crippen molar-refractivity contribution in [2.45, 2.75) is 33.1 Å². The van der Waals surface area contributed by atoms with Crippen molar-refractivity contribution in [3.63, 3.8) is 0 Å². The number of para-hydroxylation sites is 1. The van der Waals surface area contributed by atoms with Gasteiger partial charge in [0.25, 0.3) is 0 Å².